The summed E-state index contributed by atoms with van der Waals surface area (Å²) in [6, 6.07) is 13.6. The summed E-state index contributed by atoms with van der Waals surface area (Å²) in [4.78, 5) is 8.09. The van der Waals surface area contributed by atoms with E-state index in [0.717, 1.165) is 22.8 Å². The minimum absolute atomic E-state index is 0.719. The molecule has 2 heterocycles. The number of hydrogen-bond donors (Lipinski definition) is 1. The molecule has 0 saturated heterocycles. The zero-order valence-corrected chi connectivity index (χ0v) is 11.5. The predicted molar refractivity (Wildman–Crippen MR) is 81.4 cm³/mol. The van der Waals surface area contributed by atoms with E-state index in [2.05, 4.69) is 25.6 Å². The second-order valence-electron chi connectivity index (χ2n) is 4.41. The second kappa shape index (κ2) is 5.96. The summed E-state index contributed by atoms with van der Waals surface area (Å²) in [6.07, 6.45) is 4.90. The Morgan fingerprint density at radius 2 is 2.00 bits per heavy atom. The first kappa shape index (κ1) is 13.0. The van der Waals surface area contributed by atoms with Gasteiger partial charge in [-0.25, -0.2) is 14.6 Å². The van der Waals surface area contributed by atoms with Crippen molar-refractivity contribution >= 4 is 11.5 Å². The molecule has 6 nitrogen and oxygen atoms in total. The lowest BCUT2D eigenvalue weighted by atomic mass is 10.1. The summed E-state index contributed by atoms with van der Waals surface area (Å²) in [5, 5.41) is 8.42. The molecular weight excluding hydrogens is 264 g/mol. The summed E-state index contributed by atoms with van der Waals surface area (Å²) in [7, 11) is 0. The molecule has 0 aliphatic carbocycles. The molecule has 0 fully saturated rings. The summed E-state index contributed by atoms with van der Waals surface area (Å²) in [6.45, 7) is 1.94. The van der Waals surface area contributed by atoms with E-state index in [4.69, 9.17) is 0 Å². The zero-order valence-electron chi connectivity index (χ0n) is 11.5. The van der Waals surface area contributed by atoms with Crippen molar-refractivity contribution in [3.63, 3.8) is 0 Å². The maximum absolute atomic E-state index is 4.33. The van der Waals surface area contributed by atoms with Gasteiger partial charge in [-0.15, -0.1) is 0 Å². The number of nitrogens with zero attached hydrogens (tertiary/aromatic N) is 5. The number of nitrogens with one attached hydrogen (secondary N) is 1. The molecule has 0 aliphatic rings. The van der Waals surface area contributed by atoms with Gasteiger partial charge in [-0.3, -0.25) is 5.43 Å². The van der Waals surface area contributed by atoms with Crippen LogP contribution in [-0.4, -0.2) is 25.5 Å². The Hall–Kier alpha value is -3.02. The maximum Gasteiger partial charge on any atom is 0.146 e. The third kappa shape index (κ3) is 3.11. The van der Waals surface area contributed by atoms with Crippen LogP contribution in [0.5, 0.6) is 0 Å². The van der Waals surface area contributed by atoms with Crippen LogP contribution in [0.2, 0.25) is 0 Å². The highest BCUT2D eigenvalue weighted by Gasteiger charge is 2.00. The Kier molecular flexibility index (Phi) is 3.68. The Balaban J connectivity index is 1.74. The number of pyridine rings is 1. The highest BCUT2D eigenvalue weighted by molar-refractivity contribution is 5.99. The first-order valence-electron chi connectivity index (χ1n) is 6.50. The first-order valence-corrected chi connectivity index (χ1v) is 6.50. The van der Waals surface area contributed by atoms with Crippen molar-refractivity contribution in [3.8, 4) is 5.69 Å². The predicted octanol–water partition coefficient (Wildman–Crippen LogP) is 2.50. The van der Waals surface area contributed by atoms with Crippen molar-refractivity contribution < 1.29 is 0 Å². The van der Waals surface area contributed by atoms with Crippen LogP contribution >= 0.6 is 0 Å². The summed E-state index contributed by atoms with van der Waals surface area (Å²) < 4.78 is 1.71. The lowest BCUT2D eigenvalue weighted by molar-refractivity contribution is 0.879. The third-order valence-electron chi connectivity index (χ3n) is 2.97. The van der Waals surface area contributed by atoms with E-state index < -0.39 is 0 Å². The number of rotatable bonds is 4. The number of benzene rings is 1. The molecule has 6 heteroatoms. The summed E-state index contributed by atoms with van der Waals surface area (Å²) in [5.74, 6) is 0.719. The molecule has 0 saturated carbocycles. The number of aromatic nitrogens is 4. The van der Waals surface area contributed by atoms with E-state index in [1.807, 2.05) is 49.4 Å². The smallest absolute Gasteiger partial charge is 0.146 e. The van der Waals surface area contributed by atoms with Gasteiger partial charge in [0.1, 0.15) is 18.5 Å². The SMILES string of the molecule is CC(=NNc1ccccn1)c1ccc(-n2cncn2)cc1. The van der Waals surface area contributed by atoms with Gasteiger partial charge in [0.2, 0.25) is 0 Å². The van der Waals surface area contributed by atoms with Gasteiger partial charge in [-0.2, -0.15) is 10.2 Å². The lowest BCUT2D eigenvalue weighted by Crippen LogP contribution is -2.01. The normalized spacial score (nSPS) is 11.4. The Bertz CT molecular complexity index is 717. The van der Waals surface area contributed by atoms with Gasteiger partial charge >= 0.3 is 0 Å². The molecule has 3 rings (SSSR count). The molecule has 0 radical (unpaired) electrons. The van der Waals surface area contributed by atoms with Gasteiger partial charge in [0.15, 0.2) is 0 Å². The number of hydrogen-bond acceptors (Lipinski definition) is 5. The quantitative estimate of drug-likeness (QED) is 0.588. The molecule has 0 aliphatic heterocycles. The molecule has 0 unspecified atom stereocenters. The first-order chi connectivity index (χ1) is 10.3. The van der Waals surface area contributed by atoms with Crippen molar-refractivity contribution in [2.75, 3.05) is 5.43 Å². The average molecular weight is 278 g/mol. The van der Waals surface area contributed by atoms with E-state index >= 15 is 0 Å². The Labute approximate surface area is 122 Å². The van der Waals surface area contributed by atoms with E-state index in [9.17, 15) is 0 Å². The Morgan fingerprint density at radius 3 is 2.67 bits per heavy atom. The average Bonchev–Trinajstić information content (AvgIpc) is 3.08. The third-order valence-corrected chi connectivity index (χ3v) is 2.97. The molecule has 0 amide bonds. The Morgan fingerprint density at radius 1 is 1.14 bits per heavy atom. The zero-order chi connectivity index (χ0) is 14.5. The van der Waals surface area contributed by atoms with Crippen molar-refractivity contribution in [1.29, 1.82) is 0 Å². The van der Waals surface area contributed by atoms with Crippen molar-refractivity contribution in [3.05, 3.63) is 66.9 Å². The van der Waals surface area contributed by atoms with Gasteiger partial charge in [0.05, 0.1) is 11.4 Å². The van der Waals surface area contributed by atoms with E-state index in [1.165, 1.54) is 6.33 Å². The lowest BCUT2D eigenvalue weighted by Gasteiger charge is -2.04. The van der Waals surface area contributed by atoms with Crippen molar-refractivity contribution in [1.82, 2.24) is 19.7 Å². The van der Waals surface area contributed by atoms with E-state index in [-0.39, 0.29) is 0 Å². The van der Waals surface area contributed by atoms with Gasteiger partial charge < -0.3 is 0 Å². The fourth-order valence-corrected chi connectivity index (χ4v) is 1.83. The van der Waals surface area contributed by atoms with E-state index in [1.54, 1.807) is 17.2 Å². The standard InChI is InChI=1S/C15H14N6/c1-12(19-20-15-4-2-3-9-17-15)13-5-7-14(8-6-13)21-11-16-10-18-21/h2-11H,1H3,(H,17,20). The topological polar surface area (TPSA) is 68.0 Å². The molecule has 1 N–H and O–H groups in total. The van der Waals surface area contributed by atoms with Crippen LogP contribution < -0.4 is 5.43 Å². The number of anilines is 1. The van der Waals surface area contributed by atoms with Crippen LogP contribution in [-0.2, 0) is 0 Å². The minimum Gasteiger partial charge on any atom is -0.261 e. The molecule has 0 atom stereocenters. The van der Waals surface area contributed by atoms with Crippen LogP contribution in [0.15, 0.2) is 66.4 Å². The maximum atomic E-state index is 4.33. The van der Waals surface area contributed by atoms with E-state index in [0.29, 0.717) is 0 Å². The monoisotopic (exact) mass is 278 g/mol. The molecular formula is C15H14N6. The van der Waals surface area contributed by atoms with Crippen LogP contribution in [0.1, 0.15) is 12.5 Å². The summed E-state index contributed by atoms with van der Waals surface area (Å²) >= 11 is 0. The second-order valence-corrected chi connectivity index (χ2v) is 4.41. The van der Waals surface area contributed by atoms with Gasteiger partial charge in [-0.1, -0.05) is 18.2 Å². The number of hydrazone groups is 1. The molecule has 1 aromatic carbocycles. The largest absolute Gasteiger partial charge is 0.261 e. The molecule has 2 aromatic heterocycles. The van der Waals surface area contributed by atoms with Gasteiger partial charge in [0, 0.05) is 6.20 Å². The molecule has 0 bridgehead atoms. The molecule has 21 heavy (non-hydrogen) atoms. The highest BCUT2D eigenvalue weighted by atomic mass is 15.3. The van der Waals surface area contributed by atoms with Gasteiger partial charge in [0.25, 0.3) is 0 Å². The molecule has 104 valence electrons. The van der Waals surface area contributed by atoms with Crippen molar-refractivity contribution in [2.45, 2.75) is 6.92 Å². The fourth-order valence-electron chi connectivity index (χ4n) is 1.83. The fraction of sp³-hybridized carbons (Fsp3) is 0.0667. The minimum atomic E-state index is 0.719. The van der Waals surface area contributed by atoms with Gasteiger partial charge in [-0.05, 0) is 36.8 Å². The van der Waals surface area contributed by atoms with Crippen molar-refractivity contribution in [2.24, 2.45) is 5.10 Å². The highest BCUT2D eigenvalue weighted by Crippen LogP contribution is 2.09. The van der Waals surface area contributed by atoms with Crippen LogP contribution in [0, 0.1) is 0 Å². The van der Waals surface area contributed by atoms with Crippen LogP contribution in [0.25, 0.3) is 5.69 Å². The van der Waals surface area contributed by atoms with Crippen LogP contribution in [0.4, 0.5) is 5.82 Å². The van der Waals surface area contributed by atoms with Crippen LogP contribution in [0.3, 0.4) is 0 Å². The summed E-state index contributed by atoms with van der Waals surface area (Å²) in [5.41, 5.74) is 5.80. The molecule has 0 spiro atoms. The molecule has 3 aromatic rings.